The maximum Gasteiger partial charge on any atom is 0.270 e. The number of nitrogens with zero attached hydrogens (tertiary/aromatic N) is 3. The molecule has 0 unspecified atom stereocenters. The number of nitro groups is 1. The van der Waals surface area contributed by atoms with Crippen molar-refractivity contribution in [2.45, 2.75) is 11.8 Å². The zero-order valence-electron chi connectivity index (χ0n) is 16.4. The van der Waals surface area contributed by atoms with Crippen LogP contribution in [0.5, 0.6) is 5.75 Å². The molecule has 1 aliphatic heterocycles. The van der Waals surface area contributed by atoms with Crippen molar-refractivity contribution in [1.29, 1.82) is 0 Å². The van der Waals surface area contributed by atoms with Gasteiger partial charge in [0.2, 0.25) is 10.0 Å². The molecule has 3 rings (SSSR count). The summed E-state index contributed by atoms with van der Waals surface area (Å²) in [4.78, 5) is 10.3. The molecule has 2 aromatic carbocycles. The van der Waals surface area contributed by atoms with Crippen LogP contribution in [-0.2, 0) is 14.8 Å². The van der Waals surface area contributed by atoms with Crippen molar-refractivity contribution in [1.82, 2.24) is 4.31 Å². The molecule has 0 aliphatic carbocycles. The van der Waals surface area contributed by atoms with Crippen molar-refractivity contribution < 1.29 is 22.8 Å². The van der Waals surface area contributed by atoms with Gasteiger partial charge in [-0.2, -0.15) is 9.41 Å². The molecule has 160 valence electrons. The molecule has 2 aromatic rings. The molecule has 1 saturated heterocycles. The quantitative estimate of drug-likeness (QED) is 0.384. The van der Waals surface area contributed by atoms with Crippen molar-refractivity contribution >= 4 is 27.6 Å². The highest BCUT2D eigenvalue weighted by Gasteiger charge is 2.30. The minimum absolute atomic E-state index is 0.147. The summed E-state index contributed by atoms with van der Waals surface area (Å²) >= 11 is 0. The third-order valence-electron chi connectivity index (χ3n) is 4.35. The number of non-ortho nitro benzene ring substituents is 1. The second-order valence-electron chi connectivity index (χ2n) is 6.33. The van der Waals surface area contributed by atoms with Crippen molar-refractivity contribution in [3.05, 3.63) is 58.1 Å². The lowest BCUT2D eigenvalue weighted by Crippen LogP contribution is -2.40. The first-order valence-electron chi connectivity index (χ1n) is 9.30. The van der Waals surface area contributed by atoms with Crippen LogP contribution in [0.1, 0.15) is 12.5 Å². The Labute approximate surface area is 174 Å². The Morgan fingerprint density at radius 2 is 1.93 bits per heavy atom. The molecule has 0 atom stereocenters. The molecule has 10 nitrogen and oxygen atoms in total. The van der Waals surface area contributed by atoms with E-state index in [1.807, 2.05) is 6.92 Å². The Kier molecular flexibility index (Phi) is 6.98. The zero-order chi connectivity index (χ0) is 21.6. The fourth-order valence-electron chi connectivity index (χ4n) is 2.85. The fraction of sp³-hybridized carbons (Fsp3) is 0.316. The Bertz CT molecular complexity index is 1020. The lowest BCUT2D eigenvalue weighted by molar-refractivity contribution is -0.385. The first kappa shape index (κ1) is 21.7. The molecule has 0 aromatic heterocycles. The van der Waals surface area contributed by atoms with Crippen molar-refractivity contribution in [2.24, 2.45) is 5.10 Å². The lowest BCUT2D eigenvalue weighted by Gasteiger charge is -2.26. The van der Waals surface area contributed by atoms with Gasteiger partial charge in [0, 0.05) is 25.2 Å². The van der Waals surface area contributed by atoms with E-state index in [9.17, 15) is 18.5 Å². The second kappa shape index (κ2) is 9.65. The van der Waals surface area contributed by atoms with E-state index >= 15 is 0 Å². The minimum Gasteiger partial charge on any atom is -0.494 e. The van der Waals surface area contributed by atoms with Gasteiger partial charge in [-0.1, -0.05) is 0 Å². The van der Waals surface area contributed by atoms with Crippen LogP contribution in [0.2, 0.25) is 0 Å². The van der Waals surface area contributed by atoms with Crippen LogP contribution in [0.15, 0.2) is 52.5 Å². The number of sulfonamides is 1. The molecule has 1 fully saturated rings. The van der Waals surface area contributed by atoms with E-state index in [-0.39, 0.29) is 42.6 Å². The molecule has 0 amide bonds. The van der Waals surface area contributed by atoms with Crippen molar-refractivity contribution in [3.8, 4) is 5.75 Å². The number of rotatable bonds is 8. The Morgan fingerprint density at radius 3 is 2.57 bits per heavy atom. The zero-order valence-corrected chi connectivity index (χ0v) is 17.2. The van der Waals surface area contributed by atoms with Crippen LogP contribution >= 0.6 is 0 Å². The third kappa shape index (κ3) is 5.12. The van der Waals surface area contributed by atoms with Gasteiger partial charge in [0.15, 0.2) is 0 Å². The topological polar surface area (TPSA) is 123 Å². The normalized spacial score (nSPS) is 15.2. The van der Waals surface area contributed by atoms with Gasteiger partial charge in [-0.15, -0.1) is 0 Å². The summed E-state index contributed by atoms with van der Waals surface area (Å²) in [5.74, 6) is 0.733. The number of anilines is 1. The highest BCUT2D eigenvalue weighted by atomic mass is 32.2. The van der Waals surface area contributed by atoms with Crippen LogP contribution in [-0.4, -0.2) is 56.8 Å². The average molecular weight is 434 g/mol. The van der Waals surface area contributed by atoms with E-state index in [0.717, 1.165) is 17.4 Å². The van der Waals surface area contributed by atoms with Crippen LogP contribution in [0.25, 0.3) is 0 Å². The Balaban J connectivity index is 1.85. The molecule has 0 spiro atoms. The molecule has 11 heteroatoms. The average Bonchev–Trinajstić information content (AvgIpc) is 2.76. The standard InChI is InChI=1S/C19H22N4O6S/c1-2-29-17-6-3-15(4-7-17)14-20-21-18-8-5-16(23(24)25)13-19(18)30(26,27)22-9-11-28-12-10-22/h3-8,13-14,21H,2,9-12H2,1H3/b20-14-. The number of ether oxygens (including phenoxy) is 2. The maximum absolute atomic E-state index is 13.1. The molecular weight excluding hydrogens is 412 g/mol. The van der Waals surface area contributed by atoms with Gasteiger partial charge in [0.25, 0.3) is 5.69 Å². The van der Waals surface area contributed by atoms with E-state index in [0.29, 0.717) is 6.61 Å². The predicted octanol–water partition coefficient (Wildman–Crippen LogP) is 2.46. The first-order chi connectivity index (χ1) is 14.4. The van der Waals surface area contributed by atoms with Crippen LogP contribution < -0.4 is 10.2 Å². The molecule has 1 aliphatic rings. The van der Waals surface area contributed by atoms with Gasteiger partial charge < -0.3 is 9.47 Å². The maximum atomic E-state index is 13.1. The fourth-order valence-corrected chi connectivity index (χ4v) is 4.42. The summed E-state index contributed by atoms with van der Waals surface area (Å²) in [6.07, 6.45) is 1.52. The van der Waals surface area contributed by atoms with Gasteiger partial charge in [-0.3, -0.25) is 15.5 Å². The molecule has 1 N–H and O–H groups in total. The van der Waals surface area contributed by atoms with Crippen LogP contribution in [0, 0.1) is 10.1 Å². The van der Waals surface area contributed by atoms with E-state index in [4.69, 9.17) is 9.47 Å². The molecule has 1 heterocycles. The van der Waals surface area contributed by atoms with Gasteiger partial charge >= 0.3 is 0 Å². The number of nitrogens with one attached hydrogen (secondary N) is 1. The SMILES string of the molecule is CCOc1ccc(/C=N\Nc2ccc([N+](=O)[O-])cc2S(=O)(=O)N2CCOCC2)cc1. The van der Waals surface area contributed by atoms with Crippen LogP contribution in [0.3, 0.4) is 0 Å². The largest absolute Gasteiger partial charge is 0.494 e. The second-order valence-corrected chi connectivity index (χ2v) is 8.23. The van der Waals surface area contributed by atoms with E-state index < -0.39 is 14.9 Å². The minimum atomic E-state index is -3.96. The molecule has 0 bridgehead atoms. The first-order valence-corrected chi connectivity index (χ1v) is 10.7. The number of hydrogen-bond acceptors (Lipinski definition) is 8. The highest BCUT2D eigenvalue weighted by Crippen LogP contribution is 2.29. The molecule has 0 radical (unpaired) electrons. The summed E-state index contributed by atoms with van der Waals surface area (Å²) in [7, 11) is -3.96. The summed E-state index contributed by atoms with van der Waals surface area (Å²) in [5, 5.41) is 15.2. The number of hydrazone groups is 1. The number of hydrogen-bond donors (Lipinski definition) is 1. The number of nitro benzene ring substituents is 1. The number of benzene rings is 2. The highest BCUT2D eigenvalue weighted by molar-refractivity contribution is 7.89. The monoisotopic (exact) mass is 434 g/mol. The molecule has 30 heavy (non-hydrogen) atoms. The lowest BCUT2D eigenvalue weighted by atomic mass is 10.2. The smallest absolute Gasteiger partial charge is 0.270 e. The van der Waals surface area contributed by atoms with E-state index in [2.05, 4.69) is 10.5 Å². The van der Waals surface area contributed by atoms with Crippen molar-refractivity contribution in [2.75, 3.05) is 38.3 Å². The van der Waals surface area contributed by atoms with Gasteiger partial charge in [-0.05, 0) is 42.8 Å². The summed E-state index contributed by atoms with van der Waals surface area (Å²) in [6, 6.07) is 10.8. The van der Waals surface area contributed by atoms with Gasteiger partial charge in [0.05, 0.1) is 36.6 Å². The summed E-state index contributed by atoms with van der Waals surface area (Å²) in [6.45, 7) is 3.36. The van der Waals surface area contributed by atoms with E-state index in [1.165, 1.54) is 22.7 Å². The summed E-state index contributed by atoms with van der Waals surface area (Å²) < 4.78 is 37.9. The van der Waals surface area contributed by atoms with Gasteiger partial charge in [0.1, 0.15) is 10.6 Å². The van der Waals surface area contributed by atoms with Crippen molar-refractivity contribution in [3.63, 3.8) is 0 Å². The Hall–Kier alpha value is -3.02. The summed E-state index contributed by atoms with van der Waals surface area (Å²) in [5.41, 5.74) is 3.29. The molecular formula is C19H22N4O6S. The van der Waals surface area contributed by atoms with E-state index in [1.54, 1.807) is 24.3 Å². The predicted molar refractivity (Wildman–Crippen MR) is 112 cm³/mol. The Morgan fingerprint density at radius 1 is 1.23 bits per heavy atom. The number of morpholine rings is 1. The van der Waals surface area contributed by atoms with Gasteiger partial charge in [-0.25, -0.2) is 8.42 Å². The third-order valence-corrected chi connectivity index (χ3v) is 6.29. The molecule has 0 saturated carbocycles. The van der Waals surface area contributed by atoms with Crippen LogP contribution in [0.4, 0.5) is 11.4 Å².